The Kier molecular flexibility index (Phi) is 2.37. The summed E-state index contributed by atoms with van der Waals surface area (Å²) in [5.41, 5.74) is 4.88. The van der Waals surface area contributed by atoms with Crippen molar-refractivity contribution in [1.29, 1.82) is 0 Å². The van der Waals surface area contributed by atoms with Crippen LogP contribution < -0.4 is 5.73 Å². The van der Waals surface area contributed by atoms with Gasteiger partial charge in [0.05, 0.1) is 0 Å². The third-order valence-corrected chi connectivity index (χ3v) is 0.634. The van der Waals surface area contributed by atoms with Crippen molar-refractivity contribution in [3.8, 4) is 0 Å². The van der Waals surface area contributed by atoms with Gasteiger partial charge < -0.3 is 5.73 Å². The molecule has 0 heterocycles. The molecule has 0 radical (unpaired) electrons. The number of Topliss-reactive ketones (excluding diaryl/α,β-unsaturated/α-hetero) is 1. The lowest BCUT2D eigenvalue weighted by Crippen LogP contribution is -2.19. The van der Waals surface area contributed by atoms with Crippen LogP contribution in [0.5, 0.6) is 0 Å². The number of hydrogen-bond acceptors (Lipinski definition) is 2. The average molecular weight is 121 g/mol. The minimum absolute atomic E-state index is 0.151. The second-order valence-corrected chi connectivity index (χ2v) is 1.19. The molecule has 0 aliphatic rings. The molecule has 0 spiro atoms. The SMILES string of the molecule is CC(=O)/C(N)=N/Cl. The highest BCUT2D eigenvalue weighted by molar-refractivity contribution is 6.41. The summed E-state index contributed by atoms with van der Waals surface area (Å²) in [6.45, 7) is 1.29. The van der Waals surface area contributed by atoms with Crippen molar-refractivity contribution in [1.82, 2.24) is 0 Å². The van der Waals surface area contributed by atoms with Crippen LogP contribution in [0.15, 0.2) is 4.51 Å². The highest BCUT2D eigenvalue weighted by atomic mass is 35.5. The van der Waals surface area contributed by atoms with E-state index in [1.165, 1.54) is 6.92 Å². The Morgan fingerprint density at radius 2 is 2.29 bits per heavy atom. The first kappa shape index (κ1) is 6.43. The normalized spacial score (nSPS) is 11.4. The van der Waals surface area contributed by atoms with Crippen LogP contribution >= 0.6 is 11.8 Å². The average Bonchev–Trinajstić information content (AvgIpc) is 1.65. The molecular weight excluding hydrogens is 115 g/mol. The fourth-order valence-electron chi connectivity index (χ4n) is 0.0595. The topological polar surface area (TPSA) is 55.5 Å². The van der Waals surface area contributed by atoms with Crippen molar-refractivity contribution in [2.24, 2.45) is 10.2 Å². The highest BCUT2D eigenvalue weighted by Gasteiger charge is 1.94. The zero-order valence-corrected chi connectivity index (χ0v) is 4.57. The lowest BCUT2D eigenvalue weighted by molar-refractivity contribution is -0.111. The largest absolute Gasteiger partial charge is 0.380 e. The van der Waals surface area contributed by atoms with E-state index in [1.807, 2.05) is 0 Å². The monoisotopic (exact) mass is 120 g/mol. The molecule has 0 aliphatic heterocycles. The summed E-state index contributed by atoms with van der Waals surface area (Å²) in [6, 6.07) is 0. The standard InChI is InChI=1S/C3H5ClN2O/c1-2(7)3(5)6-4/h1H3,(H2,5,6). The van der Waals surface area contributed by atoms with Gasteiger partial charge in [-0.05, 0) is 0 Å². The van der Waals surface area contributed by atoms with Gasteiger partial charge in [0.25, 0.3) is 0 Å². The maximum Gasteiger partial charge on any atom is 0.195 e. The van der Waals surface area contributed by atoms with Crippen LogP contribution in [0.3, 0.4) is 0 Å². The van der Waals surface area contributed by atoms with Gasteiger partial charge in [-0.3, -0.25) is 4.79 Å². The number of ketones is 1. The molecule has 0 saturated carbocycles. The first-order chi connectivity index (χ1) is 3.18. The third-order valence-electron chi connectivity index (χ3n) is 0.452. The number of nitrogens with two attached hydrogens (primary N) is 1. The van der Waals surface area contributed by atoms with Gasteiger partial charge in [0.1, 0.15) is 0 Å². The summed E-state index contributed by atoms with van der Waals surface area (Å²) in [5, 5.41) is 0. The van der Waals surface area contributed by atoms with Gasteiger partial charge in [-0.15, -0.1) is 0 Å². The van der Waals surface area contributed by atoms with Gasteiger partial charge in [-0.1, -0.05) is 0 Å². The summed E-state index contributed by atoms with van der Waals surface area (Å²) in [7, 11) is 0. The molecule has 0 aliphatic carbocycles. The summed E-state index contributed by atoms with van der Waals surface area (Å²) in [5.74, 6) is -0.461. The fourth-order valence-corrected chi connectivity index (χ4v) is 0.179. The van der Waals surface area contributed by atoms with E-state index in [9.17, 15) is 4.79 Å². The number of rotatable bonds is 1. The summed E-state index contributed by atoms with van der Waals surface area (Å²) in [4.78, 5) is 10.0. The van der Waals surface area contributed by atoms with E-state index < -0.39 is 0 Å². The van der Waals surface area contributed by atoms with Gasteiger partial charge in [-0.2, -0.15) is 4.51 Å². The molecule has 40 valence electrons. The third kappa shape index (κ3) is 2.17. The van der Waals surface area contributed by atoms with E-state index in [0.29, 0.717) is 0 Å². The van der Waals surface area contributed by atoms with Gasteiger partial charge in [0.2, 0.25) is 0 Å². The number of hydrogen-bond donors (Lipinski definition) is 1. The number of halogens is 1. The smallest absolute Gasteiger partial charge is 0.195 e. The molecule has 2 N–H and O–H groups in total. The van der Waals surface area contributed by atoms with E-state index in [4.69, 9.17) is 17.5 Å². The van der Waals surface area contributed by atoms with Crippen LogP contribution in [0, 0.1) is 0 Å². The van der Waals surface area contributed by atoms with Crippen molar-refractivity contribution in [2.45, 2.75) is 6.92 Å². The quantitative estimate of drug-likeness (QED) is 0.394. The summed E-state index contributed by atoms with van der Waals surface area (Å²) >= 11 is 4.79. The maximum absolute atomic E-state index is 10.0. The van der Waals surface area contributed by atoms with Crippen LogP contribution in [0.25, 0.3) is 0 Å². The molecule has 0 saturated heterocycles. The molecule has 0 amide bonds. The van der Waals surface area contributed by atoms with E-state index in [0.717, 1.165) is 0 Å². The molecule has 3 nitrogen and oxygen atoms in total. The molecule has 0 unspecified atom stereocenters. The molecule has 0 bridgehead atoms. The molecule has 0 atom stereocenters. The predicted molar refractivity (Wildman–Crippen MR) is 28.2 cm³/mol. The molecule has 0 aromatic heterocycles. The molecule has 4 heteroatoms. The van der Waals surface area contributed by atoms with Gasteiger partial charge in [0.15, 0.2) is 11.6 Å². The lowest BCUT2D eigenvalue weighted by atomic mass is 10.4. The Morgan fingerprint density at radius 1 is 1.86 bits per heavy atom. The summed E-state index contributed by atoms with van der Waals surface area (Å²) < 4.78 is 2.91. The zero-order chi connectivity index (χ0) is 5.86. The van der Waals surface area contributed by atoms with E-state index in [2.05, 4.69) is 4.51 Å². The van der Waals surface area contributed by atoms with Crippen LogP contribution in [0.4, 0.5) is 0 Å². The molecule has 0 aromatic carbocycles. The van der Waals surface area contributed by atoms with Gasteiger partial charge in [-0.25, -0.2) is 0 Å². The minimum Gasteiger partial charge on any atom is -0.380 e. The lowest BCUT2D eigenvalue weighted by Gasteiger charge is -1.82. The van der Waals surface area contributed by atoms with E-state index in [-0.39, 0.29) is 11.6 Å². The highest BCUT2D eigenvalue weighted by Crippen LogP contribution is 1.76. The first-order valence-corrected chi connectivity index (χ1v) is 1.97. The molecular formula is C3H5ClN2O. The minimum atomic E-state index is -0.310. The van der Waals surface area contributed by atoms with Gasteiger partial charge >= 0.3 is 0 Å². The molecule has 7 heavy (non-hydrogen) atoms. The van der Waals surface area contributed by atoms with Crippen LogP contribution in [0.1, 0.15) is 6.92 Å². The number of carbonyl (C=O) groups is 1. The fraction of sp³-hybridized carbons (Fsp3) is 0.333. The second kappa shape index (κ2) is 2.58. The van der Waals surface area contributed by atoms with Crippen LogP contribution in [-0.2, 0) is 4.79 Å². The van der Waals surface area contributed by atoms with Crippen molar-refractivity contribution >= 4 is 23.4 Å². The Labute approximate surface area is 46.3 Å². The van der Waals surface area contributed by atoms with Crippen molar-refractivity contribution in [3.05, 3.63) is 0 Å². The van der Waals surface area contributed by atoms with Gasteiger partial charge in [0, 0.05) is 18.7 Å². The molecule has 0 aromatic rings. The van der Waals surface area contributed by atoms with Crippen molar-refractivity contribution < 1.29 is 4.79 Å². The Bertz CT molecular complexity index is 110. The molecule has 0 fully saturated rings. The van der Waals surface area contributed by atoms with E-state index in [1.54, 1.807) is 0 Å². The first-order valence-electron chi connectivity index (χ1n) is 1.64. The zero-order valence-electron chi connectivity index (χ0n) is 3.81. The predicted octanol–water partition coefficient (Wildman–Crippen LogP) is 0.0864. The summed E-state index contributed by atoms with van der Waals surface area (Å²) in [6.07, 6.45) is 0. The van der Waals surface area contributed by atoms with Crippen LogP contribution in [0.2, 0.25) is 0 Å². The van der Waals surface area contributed by atoms with Crippen molar-refractivity contribution in [2.75, 3.05) is 0 Å². The van der Waals surface area contributed by atoms with Crippen molar-refractivity contribution in [3.63, 3.8) is 0 Å². The Hall–Kier alpha value is -0.570. The number of nitrogens with zero attached hydrogens (tertiary/aromatic N) is 1. The van der Waals surface area contributed by atoms with Crippen LogP contribution in [-0.4, -0.2) is 11.6 Å². The maximum atomic E-state index is 10.0. The molecule has 0 rings (SSSR count). The Balaban J connectivity index is 3.82. The second-order valence-electron chi connectivity index (χ2n) is 1.03. The Morgan fingerprint density at radius 3 is 2.29 bits per heavy atom. The number of amidine groups is 1. The number of carbonyl (C=O) groups excluding carboxylic acids is 1. The van der Waals surface area contributed by atoms with E-state index >= 15 is 0 Å².